The van der Waals surface area contributed by atoms with E-state index in [0.29, 0.717) is 17.2 Å². The van der Waals surface area contributed by atoms with E-state index in [0.717, 1.165) is 47.8 Å². The van der Waals surface area contributed by atoms with Gasteiger partial charge in [0.1, 0.15) is 12.4 Å². The summed E-state index contributed by atoms with van der Waals surface area (Å²) in [4.78, 5) is 45.1. The molecule has 13 heteroatoms. The molecule has 0 radical (unpaired) electrons. The summed E-state index contributed by atoms with van der Waals surface area (Å²) in [5.74, 6) is -3.00. The summed E-state index contributed by atoms with van der Waals surface area (Å²) in [5.41, 5.74) is 0.332. The molecule has 2 bridgehead atoms. The largest absolute Gasteiger partial charge is 0.489 e. The van der Waals surface area contributed by atoms with Crippen LogP contribution in [0.5, 0.6) is 5.75 Å². The van der Waals surface area contributed by atoms with Crippen molar-refractivity contribution in [2.45, 2.75) is 35.4 Å². The number of ether oxygens (including phenoxy) is 1. The minimum atomic E-state index is -4.73. The number of aromatic amines is 1. The van der Waals surface area contributed by atoms with Crippen molar-refractivity contribution in [3.63, 3.8) is 0 Å². The number of aromatic nitrogens is 1. The third kappa shape index (κ3) is 4.70. The average Bonchev–Trinajstić information content (AvgIpc) is 3.75. The van der Waals surface area contributed by atoms with E-state index >= 15 is 0 Å². The van der Waals surface area contributed by atoms with Crippen molar-refractivity contribution in [1.29, 1.82) is 0 Å². The number of anilines is 1. The summed E-state index contributed by atoms with van der Waals surface area (Å²) in [6.07, 6.45) is -4.12. The molecule has 0 spiro atoms. The van der Waals surface area contributed by atoms with Crippen molar-refractivity contribution >= 4 is 68.1 Å². The topological polar surface area (TPSA) is 79.5 Å². The van der Waals surface area contributed by atoms with E-state index in [2.05, 4.69) is 20.9 Å². The number of benzene rings is 3. The molecule has 5 unspecified atom stereocenters. The minimum Gasteiger partial charge on any atom is -0.489 e. The first-order valence-corrected chi connectivity index (χ1v) is 17.5. The summed E-state index contributed by atoms with van der Waals surface area (Å²) in [6, 6.07) is 17.8. The van der Waals surface area contributed by atoms with Gasteiger partial charge >= 0.3 is 11.0 Å². The molecule has 6 nitrogen and oxygen atoms in total. The number of thioether (sulfide) groups is 1. The Balaban J connectivity index is 1.20. The number of alkyl halides is 3. The molecule has 3 heterocycles. The quantitative estimate of drug-likeness (QED) is 0.209. The van der Waals surface area contributed by atoms with Crippen LogP contribution >= 0.6 is 50.6 Å². The lowest BCUT2D eigenvalue weighted by molar-refractivity contribution is -0.137. The molecule has 1 saturated heterocycles. The van der Waals surface area contributed by atoms with Crippen LogP contribution in [0.15, 0.2) is 81.0 Å². The second-order valence-corrected chi connectivity index (χ2v) is 15.6. The molecule has 2 saturated carbocycles. The van der Waals surface area contributed by atoms with Crippen molar-refractivity contribution in [1.82, 2.24) is 4.98 Å². The van der Waals surface area contributed by atoms with Gasteiger partial charge in [0.15, 0.2) is 0 Å². The number of amides is 2. The number of halogens is 5. The Hall–Kier alpha value is -3.06. The highest BCUT2D eigenvalue weighted by Gasteiger charge is 2.70. The van der Waals surface area contributed by atoms with Crippen molar-refractivity contribution in [3.8, 4) is 5.75 Å². The number of H-pyrrole nitrogens is 1. The highest BCUT2D eigenvalue weighted by Crippen LogP contribution is 2.69. The number of nitrogens with one attached hydrogen (secondary N) is 1. The van der Waals surface area contributed by atoms with Gasteiger partial charge in [0, 0.05) is 31.1 Å². The van der Waals surface area contributed by atoms with Gasteiger partial charge in [-0.1, -0.05) is 63.1 Å². The summed E-state index contributed by atoms with van der Waals surface area (Å²) in [6.45, 7) is 0.273. The number of nitrogens with zero attached hydrogens (tertiary/aromatic N) is 1. The summed E-state index contributed by atoms with van der Waals surface area (Å²) in [7, 11) is 0. The van der Waals surface area contributed by atoms with Crippen LogP contribution in [0.4, 0.5) is 18.9 Å². The normalized spacial score (nSPS) is 27.9. The molecule has 8 rings (SSSR count). The standard InChI is InChI=1S/C33H23BrClF3N2O4S2/c34-15-7-10-22(44-13-14-5-8-16(35)9-6-14)17(11-15)23-24-18-12-19(27(24)45-29-28(23)46-32(43)39-29)26-25(18)30(41)40(31(26)42)21-4-2-1-3-20(21)33(36,37)38/h1-11,18-19,23-27H,12-13H2,(H,39,43)/t18-,19-,23?,24?,25?,26?,27?/m1/s1. The van der Waals surface area contributed by atoms with E-state index < -0.39 is 41.1 Å². The molecule has 4 aromatic rings. The average molecular weight is 748 g/mol. The van der Waals surface area contributed by atoms with Gasteiger partial charge in [-0.3, -0.25) is 14.4 Å². The zero-order chi connectivity index (χ0) is 32.1. The third-order valence-electron chi connectivity index (χ3n) is 9.79. The fraction of sp³-hybridized carbons (Fsp3) is 0.303. The van der Waals surface area contributed by atoms with E-state index in [1.807, 2.05) is 30.3 Å². The van der Waals surface area contributed by atoms with E-state index in [4.69, 9.17) is 16.3 Å². The maximum atomic E-state index is 14.1. The van der Waals surface area contributed by atoms with Crippen LogP contribution in [0.3, 0.4) is 0 Å². The number of para-hydroxylation sites is 1. The van der Waals surface area contributed by atoms with Gasteiger partial charge < -0.3 is 9.72 Å². The van der Waals surface area contributed by atoms with Crippen molar-refractivity contribution in [3.05, 3.63) is 107 Å². The Morgan fingerprint density at radius 2 is 1.70 bits per heavy atom. The highest BCUT2D eigenvalue weighted by atomic mass is 79.9. The zero-order valence-electron chi connectivity index (χ0n) is 23.6. The number of carbonyl (C=O) groups is 2. The van der Waals surface area contributed by atoms with Crippen molar-refractivity contribution in [2.24, 2.45) is 29.6 Å². The second-order valence-electron chi connectivity index (χ2n) is 12.1. The van der Waals surface area contributed by atoms with Crippen LogP contribution in [0, 0.1) is 29.6 Å². The van der Waals surface area contributed by atoms with Gasteiger partial charge in [-0.15, -0.1) is 11.8 Å². The highest BCUT2D eigenvalue weighted by molar-refractivity contribution is 9.10. The first kappa shape index (κ1) is 30.3. The smallest absolute Gasteiger partial charge is 0.418 e. The molecule has 2 aliphatic heterocycles. The number of hydrogen-bond donors (Lipinski definition) is 1. The Bertz CT molecular complexity index is 1970. The Morgan fingerprint density at radius 3 is 2.43 bits per heavy atom. The fourth-order valence-electron chi connectivity index (χ4n) is 8.15. The SMILES string of the molecule is O=C1C2C(C(=O)N1c1ccccc1C(F)(F)F)[C@@H]1C[C@H]2C2Sc3[nH]c(=O)sc3C(c3cc(Br)ccc3OCc3ccc(Cl)cc3)C21. The monoisotopic (exact) mass is 746 g/mol. The van der Waals surface area contributed by atoms with Gasteiger partial charge in [-0.2, -0.15) is 13.2 Å². The number of rotatable bonds is 5. The molecular formula is C33H23BrClF3N2O4S2. The van der Waals surface area contributed by atoms with Crippen LogP contribution in [0.1, 0.15) is 33.9 Å². The predicted molar refractivity (Wildman–Crippen MR) is 172 cm³/mol. The van der Waals surface area contributed by atoms with Crippen LogP contribution in [-0.2, 0) is 22.4 Å². The van der Waals surface area contributed by atoms with E-state index in [1.165, 1.54) is 30.0 Å². The fourth-order valence-corrected chi connectivity index (χ4v) is 11.5. The maximum Gasteiger partial charge on any atom is 0.418 e. The molecular weight excluding hydrogens is 725 g/mol. The molecule has 1 aromatic heterocycles. The molecule has 7 atom stereocenters. The number of carbonyl (C=O) groups excluding carboxylic acids is 2. The van der Waals surface area contributed by atoms with Gasteiger partial charge in [-0.25, -0.2) is 4.90 Å². The lowest BCUT2D eigenvalue weighted by Crippen LogP contribution is -2.42. The molecule has 3 fully saturated rings. The minimum absolute atomic E-state index is 0.133. The van der Waals surface area contributed by atoms with Crippen molar-refractivity contribution < 1.29 is 27.5 Å². The Labute approximate surface area is 282 Å². The summed E-state index contributed by atoms with van der Waals surface area (Å²) >= 11 is 12.3. The summed E-state index contributed by atoms with van der Waals surface area (Å²) < 4.78 is 49.2. The molecule has 4 aliphatic rings. The zero-order valence-corrected chi connectivity index (χ0v) is 27.6. The van der Waals surface area contributed by atoms with Crippen LogP contribution in [0.2, 0.25) is 5.02 Å². The lowest BCUT2D eigenvalue weighted by atomic mass is 9.68. The van der Waals surface area contributed by atoms with E-state index in [1.54, 1.807) is 12.1 Å². The van der Waals surface area contributed by atoms with Gasteiger partial charge in [0.2, 0.25) is 11.8 Å². The molecule has 236 valence electrons. The van der Waals surface area contributed by atoms with Gasteiger partial charge in [0.05, 0.1) is 28.1 Å². The molecule has 3 aromatic carbocycles. The number of thiazole rings is 1. The molecule has 2 amide bonds. The van der Waals surface area contributed by atoms with E-state index in [9.17, 15) is 27.6 Å². The number of fused-ring (bicyclic) bond motifs is 9. The second kappa shape index (κ2) is 11.0. The maximum absolute atomic E-state index is 14.1. The Morgan fingerprint density at radius 1 is 0.978 bits per heavy atom. The van der Waals surface area contributed by atoms with Crippen molar-refractivity contribution in [2.75, 3.05) is 4.90 Å². The van der Waals surface area contributed by atoms with Crippen LogP contribution in [0.25, 0.3) is 0 Å². The first-order chi connectivity index (χ1) is 22.0. The van der Waals surface area contributed by atoms with Crippen LogP contribution in [-0.4, -0.2) is 22.0 Å². The Kier molecular flexibility index (Phi) is 7.24. The third-order valence-corrected chi connectivity index (χ3v) is 13.1. The molecule has 46 heavy (non-hydrogen) atoms. The number of imide groups is 1. The molecule has 1 N–H and O–H groups in total. The number of hydrogen-bond acceptors (Lipinski definition) is 6. The van der Waals surface area contributed by atoms with Gasteiger partial charge in [-0.05, 0) is 72.2 Å². The summed E-state index contributed by atoms with van der Waals surface area (Å²) in [5, 5.41) is 1.21. The lowest BCUT2D eigenvalue weighted by Gasteiger charge is -2.43. The van der Waals surface area contributed by atoms with Gasteiger partial charge in [0.25, 0.3) is 0 Å². The molecule has 2 aliphatic carbocycles. The van der Waals surface area contributed by atoms with Crippen LogP contribution < -0.4 is 14.5 Å². The van der Waals surface area contributed by atoms with E-state index in [-0.39, 0.29) is 40.4 Å². The first-order valence-electron chi connectivity index (χ1n) is 14.6. The predicted octanol–water partition coefficient (Wildman–Crippen LogP) is 8.13.